The van der Waals surface area contributed by atoms with Crippen LogP contribution in [0.1, 0.15) is 35.5 Å². The van der Waals surface area contributed by atoms with Gasteiger partial charge in [-0.15, -0.1) is 0 Å². The molecule has 3 aromatic carbocycles. The van der Waals surface area contributed by atoms with Gasteiger partial charge in [0.05, 0.1) is 16.6 Å². The predicted octanol–water partition coefficient (Wildman–Crippen LogP) is 4.45. The molecule has 4 aromatic rings. The summed E-state index contributed by atoms with van der Waals surface area (Å²) >= 11 is 5.93. The quantitative estimate of drug-likeness (QED) is 0.375. The van der Waals surface area contributed by atoms with Crippen LogP contribution in [0.5, 0.6) is 5.75 Å². The number of benzene rings is 3. The molecule has 1 aliphatic rings. The zero-order valence-electron chi connectivity index (χ0n) is 22.1. The number of carbonyl (C=O) groups is 2. The number of halogens is 2. The average molecular weight is 563 g/mol. The van der Waals surface area contributed by atoms with E-state index < -0.39 is 17.3 Å². The maximum Gasteiger partial charge on any atom is 0.272 e. The molecular formula is C30H28ClFN4O4. The Balaban J connectivity index is 1.26. The molecule has 0 aliphatic carbocycles. The van der Waals surface area contributed by atoms with E-state index >= 15 is 0 Å². The standard InChI is InChI=1S/C30H28ClFN4O4/c1-30(2,40-21-10-8-20(31)9-11-21)29(39)36-15-13-35(14-16-36)28(38)24-17-19(7-12-25(24)32)18-26-22-5-3-4-6-23(22)27(37)34-33-26/h3-12,17H,13-16,18H2,1-2H3,(H,34,37). The lowest BCUT2D eigenvalue weighted by Crippen LogP contribution is -2.56. The molecule has 10 heteroatoms. The topological polar surface area (TPSA) is 95.6 Å². The first kappa shape index (κ1) is 27.3. The summed E-state index contributed by atoms with van der Waals surface area (Å²) in [6.07, 6.45) is 0.308. The number of ether oxygens (including phenoxy) is 1. The van der Waals surface area contributed by atoms with Gasteiger partial charge in [-0.1, -0.05) is 35.9 Å². The maximum atomic E-state index is 14.8. The number of aromatic nitrogens is 2. The number of piperazine rings is 1. The third-order valence-corrected chi connectivity index (χ3v) is 7.22. The van der Waals surface area contributed by atoms with Gasteiger partial charge < -0.3 is 14.5 Å². The lowest BCUT2D eigenvalue weighted by Gasteiger charge is -2.38. The highest BCUT2D eigenvalue weighted by Gasteiger charge is 2.36. The molecule has 0 bridgehead atoms. The van der Waals surface area contributed by atoms with E-state index in [-0.39, 0.29) is 30.1 Å². The van der Waals surface area contributed by atoms with E-state index in [2.05, 4.69) is 10.2 Å². The van der Waals surface area contributed by atoms with Crippen LogP contribution >= 0.6 is 11.6 Å². The lowest BCUT2D eigenvalue weighted by molar-refractivity contribution is -0.147. The molecule has 206 valence electrons. The molecule has 2 heterocycles. The molecule has 0 spiro atoms. The van der Waals surface area contributed by atoms with Crippen molar-refractivity contribution in [2.75, 3.05) is 26.2 Å². The number of fused-ring (bicyclic) bond motifs is 1. The van der Waals surface area contributed by atoms with Crippen molar-refractivity contribution in [3.8, 4) is 5.75 Å². The van der Waals surface area contributed by atoms with Gasteiger partial charge in [0.25, 0.3) is 17.4 Å². The number of H-pyrrole nitrogens is 1. The lowest BCUT2D eigenvalue weighted by atomic mass is 10.0. The van der Waals surface area contributed by atoms with E-state index in [1.54, 1.807) is 66.1 Å². The number of hydrogen-bond acceptors (Lipinski definition) is 5. The van der Waals surface area contributed by atoms with Crippen molar-refractivity contribution >= 4 is 34.2 Å². The van der Waals surface area contributed by atoms with Crippen molar-refractivity contribution in [3.63, 3.8) is 0 Å². The molecule has 1 N–H and O–H groups in total. The minimum Gasteiger partial charge on any atom is -0.478 e. The summed E-state index contributed by atoms with van der Waals surface area (Å²) in [7, 11) is 0. The number of nitrogens with zero attached hydrogens (tertiary/aromatic N) is 3. The van der Waals surface area contributed by atoms with Crippen LogP contribution < -0.4 is 10.3 Å². The van der Waals surface area contributed by atoms with Crippen molar-refractivity contribution in [1.82, 2.24) is 20.0 Å². The smallest absolute Gasteiger partial charge is 0.272 e. The Labute approximate surface area is 235 Å². The summed E-state index contributed by atoms with van der Waals surface area (Å²) in [6.45, 7) is 4.51. The Bertz CT molecular complexity index is 1630. The fourth-order valence-electron chi connectivity index (χ4n) is 4.85. The summed E-state index contributed by atoms with van der Waals surface area (Å²) in [5.74, 6) is -0.744. The van der Waals surface area contributed by atoms with E-state index in [0.29, 0.717) is 52.3 Å². The monoisotopic (exact) mass is 562 g/mol. The van der Waals surface area contributed by atoms with E-state index in [1.165, 1.54) is 12.1 Å². The van der Waals surface area contributed by atoms with Crippen LogP contribution in [-0.2, 0) is 11.2 Å². The Morgan fingerprint density at radius 1 is 0.975 bits per heavy atom. The van der Waals surface area contributed by atoms with Crippen LogP contribution in [0.3, 0.4) is 0 Å². The van der Waals surface area contributed by atoms with Crippen LogP contribution in [0.15, 0.2) is 71.5 Å². The Kier molecular flexibility index (Phi) is 7.58. The zero-order chi connectivity index (χ0) is 28.4. The highest BCUT2D eigenvalue weighted by Crippen LogP contribution is 2.24. The minimum atomic E-state index is -1.12. The van der Waals surface area contributed by atoms with Gasteiger partial charge in [0, 0.05) is 43.0 Å². The van der Waals surface area contributed by atoms with Crippen molar-refractivity contribution < 1.29 is 18.7 Å². The van der Waals surface area contributed by atoms with Crippen molar-refractivity contribution in [2.45, 2.75) is 25.9 Å². The van der Waals surface area contributed by atoms with Gasteiger partial charge in [-0.2, -0.15) is 5.10 Å². The summed E-state index contributed by atoms with van der Waals surface area (Å²) in [5, 5.41) is 8.47. The largest absolute Gasteiger partial charge is 0.478 e. The SMILES string of the molecule is CC(C)(Oc1ccc(Cl)cc1)C(=O)N1CCN(C(=O)c2cc(Cc3n[nH]c(=O)c4ccccc34)ccc2F)CC1. The molecule has 1 saturated heterocycles. The molecule has 1 aliphatic heterocycles. The molecule has 0 radical (unpaired) electrons. The molecule has 0 unspecified atom stereocenters. The normalized spacial score (nSPS) is 13.9. The van der Waals surface area contributed by atoms with Crippen molar-refractivity contribution in [2.24, 2.45) is 0 Å². The van der Waals surface area contributed by atoms with Crippen LogP contribution in [0.25, 0.3) is 10.8 Å². The summed E-state index contributed by atoms with van der Waals surface area (Å²) in [6, 6.07) is 18.3. The van der Waals surface area contributed by atoms with Crippen molar-refractivity contribution in [3.05, 3.63) is 105 Å². The number of rotatable bonds is 6. The van der Waals surface area contributed by atoms with Crippen LogP contribution in [0.2, 0.25) is 5.02 Å². The van der Waals surface area contributed by atoms with Gasteiger partial charge in [-0.05, 0) is 61.9 Å². The summed E-state index contributed by atoms with van der Waals surface area (Å²) < 4.78 is 20.7. The number of hydrogen-bond donors (Lipinski definition) is 1. The molecule has 8 nitrogen and oxygen atoms in total. The third kappa shape index (κ3) is 5.70. The molecule has 5 rings (SSSR count). The zero-order valence-corrected chi connectivity index (χ0v) is 22.9. The van der Waals surface area contributed by atoms with Gasteiger partial charge in [0.1, 0.15) is 11.6 Å². The second kappa shape index (κ2) is 11.1. The maximum absolute atomic E-state index is 14.8. The minimum absolute atomic E-state index is 0.0441. The number of aromatic amines is 1. The van der Waals surface area contributed by atoms with E-state index in [9.17, 15) is 18.8 Å². The van der Waals surface area contributed by atoms with Gasteiger partial charge in [-0.3, -0.25) is 14.4 Å². The van der Waals surface area contributed by atoms with Gasteiger partial charge in [0.2, 0.25) is 0 Å². The second-order valence-electron chi connectivity index (χ2n) is 10.2. The van der Waals surface area contributed by atoms with E-state index in [4.69, 9.17) is 16.3 Å². The van der Waals surface area contributed by atoms with Crippen LogP contribution in [0.4, 0.5) is 4.39 Å². The van der Waals surface area contributed by atoms with Crippen LogP contribution in [0, 0.1) is 5.82 Å². The fourth-order valence-corrected chi connectivity index (χ4v) is 4.98. The van der Waals surface area contributed by atoms with Gasteiger partial charge in [-0.25, -0.2) is 9.49 Å². The fraction of sp³-hybridized carbons (Fsp3) is 0.267. The van der Waals surface area contributed by atoms with Gasteiger partial charge >= 0.3 is 0 Å². The summed E-state index contributed by atoms with van der Waals surface area (Å²) in [5.41, 5.74) is -0.148. The molecule has 2 amide bonds. The van der Waals surface area contributed by atoms with Crippen LogP contribution in [-0.4, -0.2) is 63.6 Å². The first-order valence-corrected chi connectivity index (χ1v) is 13.3. The molecule has 0 atom stereocenters. The average Bonchev–Trinajstić information content (AvgIpc) is 2.96. The first-order valence-electron chi connectivity index (χ1n) is 12.9. The highest BCUT2D eigenvalue weighted by atomic mass is 35.5. The highest BCUT2D eigenvalue weighted by molar-refractivity contribution is 6.30. The Morgan fingerprint density at radius 2 is 1.62 bits per heavy atom. The molecule has 1 aromatic heterocycles. The Morgan fingerprint density at radius 3 is 2.33 bits per heavy atom. The number of amides is 2. The van der Waals surface area contributed by atoms with Crippen molar-refractivity contribution in [1.29, 1.82) is 0 Å². The molecule has 1 fully saturated rings. The predicted molar refractivity (Wildman–Crippen MR) is 150 cm³/mol. The molecule has 40 heavy (non-hydrogen) atoms. The first-order chi connectivity index (χ1) is 19.1. The second-order valence-corrected chi connectivity index (χ2v) is 10.6. The third-order valence-electron chi connectivity index (χ3n) is 6.96. The van der Waals surface area contributed by atoms with Gasteiger partial charge in [0.15, 0.2) is 5.60 Å². The number of nitrogens with one attached hydrogen (secondary N) is 1. The summed E-state index contributed by atoms with van der Waals surface area (Å²) in [4.78, 5) is 41.8. The van der Waals surface area contributed by atoms with E-state index in [0.717, 1.165) is 0 Å². The molecular weight excluding hydrogens is 535 g/mol. The Hall–Kier alpha value is -4.24. The number of carbonyl (C=O) groups excluding carboxylic acids is 2. The molecule has 0 saturated carbocycles. The van der Waals surface area contributed by atoms with E-state index in [1.807, 2.05) is 12.1 Å².